The van der Waals surface area contributed by atoms with E-state index in [1.165, 1.54) is 54.6 Å². The van der Waals surface area contributed by atoms with Crippen LogP contribution in [0.2, 0.25) is 0 Å². The highest BCUT2D eigenvalue weighted by atomic mass is 16.7. The van der Waals surface area contributed by atoms with Gasteiger partial charge in [0.05, 0.1) is 19.8 Å². The molecule has 4 aliphatic heterocycles. The quantitative estimate of drug-likeness (QED) is 0.0367. The zero-order chi connectivity index (χ0) is 54.9. The molecule has 416 valence electrons. The molecule has 5 heterocycles. The highest BCUT2D eigenvalue weighted by Crippen LogP contribution is 2.39. The molecule has 28 heteroatoms. The van der Waals surface area contributed by atoms with Gasteiger partial charge >= 0.3 is 5.97 Å². The number of esters is 1. The highest BCUT2D eigenvalue weighted by Gasteiger charge is 2.49. The molecule has 0 bridgehead atoms. The summed E-state index contributed by atoms with van der Waals surface area (Å²) in [6.07, 6.45) is -31.8. The Hall–Kier alpha value is -5.68. The van der Waals surface area contributed by atoms with Crippen LogP contribution in [-0.2, 0) is 28.5 Å². The number of phenolic OH excluding ortho intramolecular Hbond substituents is 1. The van der Waals surface area contributed by atoms with Crippen LogP contribution in [0.3, 0.4) is 0 Å². The third-order valence-corrected chi connectivity index (χ3v) is 12.9. The number of aliphatic hydroxyl groups is 15. The van der Waals surface area contributed by atoms with E-state index in [0.29, 0.717) is 5.56 Å². The molecule has 1 aromatic heterocycles. The Bertz CT molecular complexity index is 2680. The Morgan fingerprint density at radius 1 is 0.500 bits per heavy atom. The second-order valence-corrected chi connectivity index (χ2v) is 18.0. The number of aromatic hydroxyl groups is 1. The lowest BCUT2D eigenvalue weighted by atomic mass is 9.99. The molecular formula is C48H56O28. The summed E-state index contributed by atoms with van der Waals surface area (Å²) in [5, 5.41) is 165. The van der Waals surface area contributed by atoms with Crippen LogP contribution in [0, 0.1) is 0 Å². The molecule has 8 unspecified atom stereocenters. The summed E-state index contributed by atoms with van der Waals surface area (Å²) in [6.45, 7) is -2.97. The minimum absolute atomic E-state index is 0.0194. The Morgan fingerprint density at radius 2 is 0.908 bits per heavy atom. The average molecular weight is 1080 g/mol. The number of phenols is 1. The van der Waals surface area contributed by atoms with Crippen LogP contribution in [0.15, 0.2) is 76.0 Å². The lowest BCUT2D eigenvalue weighted by molar-refractivity contribution is -0.278. The number of rotatable bonds is 16. The molecule has 4 fully saturated rings. The van der Waals surface area contributed by atoms with E-state index >= 15 is 0 Å². The van der Waals surface area contributed by atoms with Gasteiger partial charge in [0.25, 0.3) is 0 Å². The van der Waals surface area contributed by atoms with E-state index in [0.717, 1.165) is 18.2 Å². The van der Waals surface area contributed by atoms with Crippen molar-refractivity contribution in [3.8, 4) is 40.1 Å². The fourth-order valence-corrected chi connectivity index (χ4v) is 8.51. The van der Waals surface area contributed by atoms with Crippen molar-refractivity contribution in [1.29, 1.82) is 0 Å². The van der Waals surface area contributed by atoms with Gasteiger partial charge in [-0.05, 0) is 48.0 Å². The highest BCUT2D eigenvalue weighted by molar-refractivity contribution is 5.88. The fraction of sp³-hybridized carbons (Fsp3) is 0.500. The van der Waals surface area contributed by atoms with Gasteiger partial charge in [-0.3, -0.25) is 4.79 Å². The van der Waals surface area contributed by atoms with Crippen molar-refractivity contribution in [2.75, 3.05) is 26.4 Å². The maximum absolute atomic E-state index is 14.5. The summed E-state index contributed by atoms with van der Waals surface area (Å²) in [5.41, 5.74) is -1.17. The van der Waals surface area contributed by atoms with Crippen LogP contribution >= 0.6 is 0 Å². The van der Waals surface area contributed by atoms with Gasteiger partial charge in [-0.2, -0.15) is 0 Å². The maximum atomic E-state index is 14.5. The first-order valence-electron chi connectivity index (χ1n) is 23.4. The van der Waals surface area contributed by atoms with Gasteiger partial charge in [-0.1, -0.05) is 12.1 Å². The van der Waals surface area contributed by atoms with Crippen molar-refractivity contribution in [2.24, 2.45) is 0 Å². The lowest BCUT2D eigenvalue weighted by Crippen LogP contribution is -2.60. The van der Waals surface area contributed by atoms with Crippen LogP contribution in [0.25, 0.3) is 28.4 Å². The third kappa shape index (κ3) is 11.8. The number of fused-ring (bicyclic) bond motifs is 1. The van der Waals surface area contributed by atoms with E-state index < -0.39 is 189 Å². The van der Waals surface area contributed by atoms with Crippen molar-refractivity contribution in [2.45, 2.75) is 123 Å². The zero-order valence-electron chi connectivity index (χ0n) is 39.4. The smallest absolute Gasteiger partial charge is 0.330 e. The van der Waals surface area contributed by atoms with Gasteiger partial charge in [0.1, 0.15) is 138 Å². The molecule has 0 amide bonds. The van der Waals surface area contributed by atoms with Crippen molar-refractivity contribution in [3.05, 3.63) is 82.5 Å². The normalized spacial score (nSPS) is 35.9. The molecule has 28 nitrogen and oxygen atoms in total. The van der Waals surface area contributed by atoms with E-state index in [4.69, 9.17) is 47.0 Å². The second kappa shape index (κ2) is 23.9. The number of hydrogen-bond acceptors (Lipinski definition) is 28. The molecule has 20 atom stereocenters. The lowest BCUT2D eigenvalue weighted by Gasteiger charge is -2.39. The van der Waals surface area contributed by atoms with Crippen LogP contribution in [-0.4, -0.2) is 237 Å². The Labute approximate surface area is 427 Å². The summed E-state index contributed by atoms with van der Waals surface area (Å²) in [6, 6.07) is 12.9. The molecule has 0 aliphatic carbocycles. The molecule has 3 aromatic carbocycles. The first kappa shape index (κ1) is 56.5. The molecular weight excluding hydrogens is 1020 g/mol. The number of carbonyl (C=O) groups excluding carboxylic acids is 1. The average Bonchev–Trinajstić information content (AvgIpc) is 3.43. The third-order valence-electron chi connectivity index (χ3n) is 12.9. The predicted molar refractivity (Wildman–Crippen MR) is 247 cm³/mol. The van der Waals surface area contributed by atoms with Gasteiger partial charge < -0.3 is 129 Å². The SMILES string of the molecule is O=C(/C=C/c1ccc(O[C@@H]2O[C@H](CO)[C@@H](O)C(O)C2O)cc1)OC[C@H]1O[C@@H](Oc2c(-c3ccc(O[C@@H]4O[C@H](CO)[C@@H](O)C(O)C4O)cc3)oc3cc(O[C@@H]4OC(CO)[C@@H](O)[C@H](O)C4O)cc(O)c3c2=O)C(O)C(O)[C@@H]1O. The summed E-state index contributed by atoms with van der Waals surface area (Å²) < 4.78 is 56.1. The van der Waals surface area contributed by atoms with E-state index in [9.17, 15) is 91.3 Å². The Morgan fingerprint density at radius 3 is 1.37 bits per heavy atom. The van der Waals surface area contributed by atoms with Crippen LogP contribution in [0.4, 0.5) is 0 Å². The standard InChI is InChI=1S/C48H56O28/c49-13-24-30(54)35(59)39(63)45(72-24)68-19-6-1-17(2-7-19)3-10-28(53)67-16-27-33(57)38(62)42(66)48(75-27)76-44-34(58)29-22(52)11-21(70-47-41(65)37(61)32(56)26(15-51)74-47)12-23(29)71-43(44)18-4-8-20(9-5-18)69-46-40(64)36(60)31(55)25(14-50)73-46/h1-12,24-27,30-33,35-42,45-52,54-57,59-66H,13-16H2/b10-3+/t24-,25-,26?,27-,30-,31-,32-,33-,35?,36?,37+,38?,39?,40?,41?,42?,45-,46-,47-,48+/m1/s1. The Balaban J connectivity index is 1.02. The first-order valence-corrected chi connectivity index (χ1v) is 23.4. The van der Waals surface area contributed by atoms with Crippen molar-refractivity contribution in [3.63, 3.8) is 0 Å². The summed E-state index contributed by atoms with van der Waals surface area (Å²) >= 11 is 0. The van der Waals surface area contributed by atoms with E-state index in [2.05, 4.69) is 0 Å². The molecule has 4 aromatic rings. The van der Waals surface area contributed by atoms with Gasteiger partial charge in [0, 0.05) is 23.8 Å². The van der Waals surface area contributed by atoms with Crippen molar-refractivity contribution in [1.82, 2.24) is 0 Å². The number of benzene rings is 3. The second-order valence-electron chi connectivity index (χ2n) is 18.0. The van der Waals surface area contributed by atoms with E-state index in [1.54, 1.807) is 0 Å². The molecule has 4 saturated heterocycles. The molecule has 0 spiro atoms. The number of ether oxygens (including phenoxy) is 9. The Kier molecular flexibility index (Phi) is 17.8. The van der Waals surface area contributed by atoms with E-state index in [-0.39, 0.29) is 22.8 Å². The van der Waals surface area contributed by atoms with Gasteiger partial charge in [0.15, 0.2) is 5.76 Å². The van der Waals surface area contributed by atoms with Gasteiger partial charge in [-0.25, -0.2) is 4.79 Å². The maximum Gasteiger partial charge on any atom is 0.330 e. The zero-order valence-corrected chi connectivity index (χ0v) is 39.4. The number of hydrogen-bond donors (Lipinski definition) is 16. The molecule has 8 rings (SSSR count). The van der Waals surface area contributed by atoms with Gasteiger partial charge in [0.2, 0.25) is 36.3 Å². The largest absolute Gasteiger partial charge is 0.507 e. The molecule has 4 aliphatic rings. The van der Waals surface area contributed by atoms with Crippen LogP contribution in [0.1, 0.15) is 5.56 Å². The number of carbonyl (C=O) groups is 1. The summed E-state index contributed by atoms with van der Waals surface area (Å²) in [4.78, 5) is 27.3. The molecule has 76 heavy (non-hydrogen) atoms. The minimum Gasteiger partial charge on any atom is -0.507 e. The molecule has 0 radical (unpaired) electrons. The van der Waals surface area contributed by atoms with Gasteiger partial charge in [-0.15, -0.1) is 0 Å². The fourth-order valence-electron chi connectivity index (χ4n) is 8.51. The van der Waals surface area contributed by atoms with Crippen LogP contribution in [0.5, 0.6) is 28.7 Å². The summed E-state index contributed by atoms with van der Waals surface area (Å²) in [5.74, 6) is -3.32. The first-order chi connectivity index (χ1) is 36.2. The monoisotopic (exact) mass is 1080 g/mol. The van der Waals surface area contributed by atoms with Crippen molar-refractivity contribution >= 4 is 23.0 Å². The van der Waals surface area contributed by atoms with Crippen LogP contribution < -0.4 is 24.4 Å². The summed E-state index contributed by atoms with van der Waals surface area (Å²) in [7, 11) is 0. The number of aliphatic hydroxyl groups excluding tert-OH is 15. The molecule has 0 saturated carbocycles. The van der Waals surface area contributed by atoms with E-state index in [1.807, 2.05) is 0 Å². The topological polar surface area (TPSA) is 454 Å². The van der Waals surface area contributed by atoms with Crippen molar-refractivity contribution < 1.29 is 134 Å². The molecule has 16 N–H and O–H groups in total. The predicted octanol–water partition coefficient (Wildman–Crippen LogP) is -5.86. The minimum atomic E-state index is -2.12.